The predicted molar refractivity (Wildman–Crippen MR) is 116 cm³/mol. The van der Waals surface area contributed by atoms with E-state index in [2.05, 4.69) is 26.3 Å². The van der Waals surface area contributed by atoms with Gasteiger partial charge in [-0.3, -0.25) is 0 Å². The Kier molecular flexibility index (Phi) is 16.5. The van der Waals surface area contributed by atoms with Crippen LogP contribution >= 0.6 is 0 Å². The molecule has 2 aromatic carbocycles. The summed E-state index contributed by atoms with van der Waals surface area (Å²) in [5.41, 5.74) is 4.55. The largest absolute Gasteiger partial charge is 0.0984 e. The maximum atomic E-state index is 3.69. The molecule has 0 heteroatoms. The van der Waals surface area contributed by atoms with Gasteiger partial charge < -0.3 is 0 Å². The lowest BCUT2D eigenvalue weighted by Gasteiger charge is -1.96. The maximum Gasteiger partial charge on any atom is -0.0190 e. The summed E-state index contributed by atoms with van der Waals surface area (Å²) in [6.45, 7) is 22.8. The van der Waals surface area contributed by atoms with Crippen LogP contribution in [0.4, 0.5) is 0 Å². The Morgan fingerprint density at radius 3 is 0.750 bits per heavy atom. The second-order valence-electron chi connectivity index (χ2n) is 4.07. The smallest absolute Gasteiger partial charge is 0.0190 e. The standard InChI is InChI=1S/2C10H10.2C2H6/c2*1-3-9-7-5-6-8-10(9)4-2;2*1-2/h2*3-8H,1-2H2;2*1-2H3. The Bertz CT molecular complexity index is 493. The summed E-state index contributed by atoms with van der Waals surface area (Å²) in [5.74, 6) is 0. The summed E-state index contributed by atoms with van der Waals surface area (Å²) < 4.78 is 0. The number of hydrogen-bond donors (Lipinski definition) is 0. The summed E-state index contributed by atoms with van der Waals surface area (Å²) in [6.07, 6.45) is 7.32. The van der Waals surface area contributed by atoms with E-state index >= 15 is 0 Å². The monoisotopic (exact) mass is 320 g/mol. The number of hydrogen-bond acceptors (Lipinski definition) is 0. The molecular formula is C24H32. The van der Waals surface area contributed by atoms with Crippen LogP contribution in [0.3, 0.4) is 0 Å². The van der Waals surface area contributed by atoms with E-state index in [1.165, 1.54) is 0 Å². The molecule has 24 heavy (non-hydrogen) atoms. The SMILES string of the molecule is C=Cc1ccccc1C=C.C=Cc1ccccc1C=C.CC.CC. The fourth-order valence-corrected chi connectivity index (χ4v) is 1.77. The first-order chi connectivity index (χ1) is 11.8. The zero-order valence-electron chi connectivity index (χ0n) is 15.8. The van der Waals surface area contributed by atoms with Gasteiger partial charge >= 0.3 is 0 Å². The van der Waals surface area contributed by atoms with Gasteiger partial charge in [0.25, 0.3) is 0 Å². The zero-order valence-corrected chi connectivity index (χ0v) is 15.8. The van der Waals surface area contributed by atoms with Crippen molar-refractivity contribution >= 4 is 24.3 Å². The summed E-state index contributed by atoms with van der Waals surface area (Å²) in [7, 11) is 0. The molecule has 128 valence electrons. The Balaban J connectivity index is 0. The lowest BCUT2D eigenvalue weighted by molar-refractivity contribution is 1.50. The van der Waals surface area contributed by atoms with Crippen LogP contribution in [-0.2, 0) is 0 Å². The highest BCUT2D eigenvalue weighted by molar-refractivity contribution is 5.63. The van der Waals surface area contributed by atoms with Crippen molar-refractivity contribution in [2.45, 2.75) is 27.7 Å². The van der Waals surface area contributed by atoms with Crippen molar-refractivity contribution < 1.29 is 0 Å². The third-order valence-corrected chi connectivity index (χ3v) is 2.87. The number of benzene rings is 2. The van der Waals surface area contributed by atoms with Gasteiger partial charge in [-0.2, -0.15) is 0 Å². The van der Waals surface area contributed by atoms with Gasteiger partial charge in [-0.1, -0.05) is 127 Å². The molecule has 0 heterocycles. The molecule has 0 atom stereocenters. The average molecular weight is 321 g/mol. The normalized spacial score (nSPS) is 7.83. The molecule has 0 nitrogen and oxygen atoms in total. The van der Waals surface area contributed by atoms with Gasteiger partial charge in [0.1, 0.15) is 0 Å². The Morgan fingerprint density at radius 1 is 0.458 bits per heavy atom. The quantitative estimate of drug-likeness (QED) is 0.535. The van der Waals surface area contributed by atoms with Crippen LogP contribution in [0.2, 0.25) is 0 Å². The van der Waals surface area contributed by atoms with Crippen molar-refractivity contribution in [1.29, 1.82) is 0 Å². The van der Waals surface area contributed by atoms with Crippen LogP contribution in [0.25, 0.3) is 24.3 Å². The predicted octanol–water partition coefficient (Wildman–Crippen LogP) is 8.00. The molecule has 0 unspecified atom stereocenters. The van der Waals surface area contributed by atoms with E-state index in [1.807, 2.05) is 101 Å². The molecule has 0 saturated heterocycles. The topological polar surface area (TPSA) is 0 Å². The van der Waals surface area contributed by atoms with Gasteiger partial charge in [0, 0.05) is 0 Å². The Hall–Kier alpha value is -2.60. The minimum Gasteiger partial charge on any atom is -0.0984 e. The van der Waals surface area contributed by atoms with Crippen molar-refractivity contribution in [2.24, 2.45) is 0 Å². The van der Waals surface area contributed by atoms with Crippen LogP contribution in [-0.4, -0.2) is 0 Å². The van der Waals surface area contributed by atoms with Gasteiger partial charge in [-0.05, 0) is 22.3 Å². The molecule has 2 rings (SSSR count). The average Bonchev–Trinajstić information content (AvgIpc) is 2.71. The van der Waals surface area contributed by atoms with E-state index in [0.29, 0.717) is 0 Å². The van der Waals surface area contributed by atoms with Crippen LogP contribution in [0.15, 0.2) is 74.8 Å². The Morgan fingerprint density at radius 2 is 0.625 bits per heavy atom. The highest BCUT2D eigenvalue weighted by atomic mass is 13.9. The molecule has 0 spiro atoms. The van der Waals surface area contributed by atoms with Crippen molar-refractivity contribution in [3.63, 3.8) is 0 Å². The first kappa shape index (κ1) is 23.7. The molecule has 0 aliphatic rings. The van der Waals surface area contributed by atoms with Crippen molar-refractivity contribution in [1.82, 2.24) is 0 Å². The molecule has 0 saturated carbocycles. The highest BCUT2D eigenvalue weighted by Gasteiger charge is 1.90. The van der Waals surface area contributed by atoms with E-state index in [-0.39, 0.29) is 0 Å². The van der Waals surface area contributed by atoms with Crippen LogP contribution in [0.1, 0.15) is 49.9 Å². The number of rotatable bonds is 4. The van der Waals surface area contributed by atoms with E-state index in [4.69, 9.17) is 0 Å². The van der Waals surface area contributed by atoms with Crippen LogP contribution in [0.5, 0.6) is 0 Å². The molecule has 0 aromatic heterocycles. The molecule has 0 fully saturated rings. The van der Waals surface area contributed by atoms with Gasteiger partial charge in [-0.15, -0.1) is 0 Å². The molecule has 0 bridgehead atoms. The highest BCUT2D eigenvalue weighted by Crippen LogP contribution is 2.10. The lowest BCUT2D eigenvalue weighted by Crippen LogP contribution is -1.76. The van der Waals surface area contributed by atoms with Gasteiger partial charge in [-0.25, -0.2) is 0 Å². The van der Waals surface area contributed by atoms with Crippen molar-refractivity contribution in [2.75, 3.05) is 0 Å². The molecule has 0 amide bonds. The minimum absolute atomic E-state index is 1.14. The van der Waals surface area contributed by atoms with Gasteiger partial charge in [0.15, 0.2) is 0 Å². The third-order valence-electron chi connectivity index (χ3n) is 2.87. The molecule has 0 aliphatic carbocycles. The minimum atomic E-state index is 1.14. The van der Waals surface area contributed by atoms with Crippen LogP contribution < -0.4 is 0 Å². The van der Waals surface area contributed by atoms with E-state index < -0.39 is 0 Å². The third kappa shape index (κ3) is 8.75. The summed E-state index contributed by atoms with van der Waals surface area (Å²) in [6, 6.07) is 16.0. The molecule has 0 aliphatic heterocycles. The maximum absolute atomic E-state index is 3.69. The zero-order chi connectivity index (χ0) is 18.8. The second kappa shape index (κ2) is 16.8. The molecule has 0 N–H and O–H groups in total. The van der Waals surface area contributed by atoms with Gasteiger partial charge in [0.05, 0.1) is 0 Å². The molecule has 0 radical (unpaired) electrons. The fourth-order valence-electron chi connectivity index (χ4n) is 1.77. The molecular weight excluding hydrogens is 288 g/mol. The Labute approximate surface area is 149 Å². The molecule has 2 aromatic rings. The fraction of sp³-hybridized carbons (Fsp3) is 0.167. The van der Waals surface area contributed by atoms with Crippen LogP contribution in [0, 0.1) is 0 Å². The van der Waals surface area contributed by atoms with E-state index in [9.17, 15) is 0 Å². The van der Waals surface area contributed by atoms with Crippen molar-refractivity contribution in [3.05, 3.63) is 97.1 Å². The first-order valence-electron chi connectivity index (χ1n) is 8.44. The van der Waals surface area contributed by atoms with E-state index in [1.54, 1.807) is 0 Å². The summed E-state index contributed by atoms with van der Waals surface area (Å²) in [5, 5.41) is 0. The van der Waals surface area contributed by atoms with Gasteiger partial charge in [0.2, 0.25) is 0 Å². The van der Waals surface area contributed by atoms with E-state index in [0.717, 1.165) is 22.3 Å². The summed E-state index contributed by atoms with van der Waals surface area (Å²) >= 11 is 0. The summed E-state index contributed by atoms with van der Waals surface area (Å²) in [4.78, 5) is 0. The first-order valence-corrected chi connectivity index (χ1v) is 8.44. The lowest BCUT2D eigenvalue weighted by atomic mass is 10.1. The second-order valence-corrected chi connectivity index (χ2v) is 4.07. The van der Waals surface area contributed by atoms with Crippen molar-refractivity contribution in [3.8, 4) is 0 Å².